The number of pyridine rings is 1. The second-order valence-corrected chi connectivity index (χ2v) is 10.7. The second kappa shape index (κ2) is 8.38. The molecule has 4 aliphatic rings. The molecule has 3 amide bonds. The molecule has 1 unspecified atom stereocenters. The molecule has 1 atom stereocenters. The summed E-state index contributed by atoms with van der Waals surface area (Å²) in [6.45, 7) is 3.83. The van der Waals surface area contributed by atoms with Gasteiger partial charge in [0.15, 0.2) is 0 Å². The Labute approximate surface area is 214 Å². The molecule has 188 valence electrons. The average molecular weight is 497 g/mol. The average Bonchev–Trinajstić information content (AvgIpc) is 3.44. The molecule has 37 heavy (non-hydrogen) atoms. The van der Waals surface area contributed by atoms with Crippen LogP contribution in [0.2, 0.25) is 0 Å². The Balaban J connectivity index is 1.09. The van der Waals surface area contributed by atoms with E-state index in [0.29, 0.717) is 25.1 Å². The molecule has 0 saturated carbocycles. The molecule has 1 N–H and O–H groups in total. The number of likely N-dealkylation sites (tertiary alicyclic amines) is 1. The lowest BCUT2D eigenvalue weighted by Gasteiger charge is -2.38. The van der Waals surface area contributed by atoms with Crippen molar-refractivity contribution in [1.29, 1.82) is 0 Å². The van der Waals surface area contributed by atoms with E-state index in [4.69, 9.17) is 4.74 Å². The lowest BCUT2D eigenvalue weighted by Crippen LogP contribution is -2.52. The number of fused-ring (bicyclic) bond motifs is 5. The van der Waals surface area contributed by atoms with E-state index in [1.807, 2.05) is 18.5 Å². The summed E-state index contributed by atoms with van der Waals surface area (Å²) in [7, 11) is 0. The minimum atomic E-state index is -0.614. The Bertz CT molecular complexity index is 1450. The molecule has 8 nitrogen and oxygen atoms in total. The number of piperidine rings is 2. The van der Waals surface area contributed by atoms with E-state index < -0.39 is 6.04 Å². The number of carbonyl (C=O) groups excluding carboxylic acids is 3. The maximum atomic E-state index is 13.2. The monoisotopic (exact) mass is 496 g/mol. The largest absolute Gasteiger partial charge is 0.492 e. The number of rotatable bonds is 3. The van der Waals surface area contributed by atoms with Crippen molar-refractivity contribution in [2.24, 2.45) is 0 Å². The smallest absolute Gasteiger partial charge is 0.255 e. The van der Waals surface area contributed by atoms with Gasteiger partial charge in [0.1, 0.15) is 11.8 Å². The van der Waals surface area contributed by atoms with Gasteiger partial charge in [0.25, 0.3) is 5.91 Å². The minimum Gasteiger partial charge on any atom is -0.492 e. The fourth-order valence-corrected chi connectivity index (χ4v) is 6.61. The SMILES string of the molecule is O=C1CCC(N2Cc3c(ccc4c3OCC43CCN(Cc4cccc5cnccc45)CC3)C2=O)C(=O)N1. The number of aromatic nitrogens is 1. The standard InChI is InChI=1S/C29H28N4O4/c34-25-7-6-24(27(35)31-25)33-16-22-21(28(33)36)4-5-23-26(22)37-17-29(23)9-12-32(13-10-29)15-19-3-1-2-18-14-30-11-8-20(18)19/h1-5,8,11,14,24H,6-7,9-10,12-13,15-17H2,(H,31,34,35). The Kier molecular flexibility index (Phi) is 5.08. The van der Waals surface area contributed by atoms with Gasteiger partial charge >= 0.3 is 0 Å². The van der Waals surface area contributed by atoms with Crippen molar-refractivity contribution in [2.75, 3.05) is 19.7 Å². The van der Waals surface area contributed by atoms with Gasteiger partial charge in [-0.3, -0.25) is 29.6 Å². The van der Waals surface area contributed by atoms with Crippen molar-refractivity contribution >= 4 is 28.5 Å². The highest BCUT2D eigenvalue weighted by atomic mass is 16.5. The summed E-state index contributed by atoms with van der Waals surface area (Å²) in [5.41, 5.74) is 3.97. The highest BCUT2D eigenvalue weighted by molar-refractivity contribution is 6.05. The third-order valence-electron chi connectivity index (χ3n) is 8.71. The summed E-state index contributed by atoms with van der Waals surface area (Å²) in [4.78, 5) is 45.6. The Hall–Kier alpha value is -3.78. The molecule has 5 heterocycles. The predicted octanol–water partition coefficient (Wildman–Crippen LogP) is 2.92. The minimum absolute atomic E-state index is 0.0470. The number of carbonyl (C=O) groups is 3. The summed E-state index contributed by atoms with van der Waals surface area (Å²) < 4.78 is 6.31. The van der Waals surface area contributed by atoms with Gasteiger partial charge in [-0.1, -0.05) is 24.3 Å². The van der Waals surface area contributed by atoms with Gasteiger partial charge in [0, 0.05) is 52.9 Å². The number of nitrogens with one attached hydrogen (secondary N) is 1. The van der Waals surface area contributed by atoms with Crippen LogP contribution in [-0.4, -0.2) is 58.2 Å². The molecule has 0 radical (unpaired) electrons. The van der Waals surface area contributed by atoms with E-state index in [0.717, 1.165) is 43.8 Å². The second-order valence-electron chi connectivity index (χ2n) is 10.7. The maximum Gasteiger partial charge on any atom is 0.255 e. The first-order chi connectivity index (χ1) is 18.0. The number of amides is 3. The van der Waals surface area contributed by atoms with Crippen LogP contribution in [0.5, 0.6) is 5.75 Å². The van der Waals surface area contributed by atoms with Crippen molar-refractivity contribution in [1.82, 2.24) is 20.1 Å². The van der Waals surface area contributed by atoms with Crippen molar-refractivity contribution in [3.63, 3.8) is 0 Å². The molecular weight excluding hydrogens is 468 g/mol. The molecule has 2 fully saturated rings. The van der Waals surface area contributed by atoms with Crippen LogP contribution in [0.15, 0.2) is 48.8 Å². The first kappa shape index (κ1) is 22.4. The highest BCUT2D eigenvalue weighted by Gasteiger charge is 2.47. The van der Waals surface area contributed by atoms with E-state index in [1.165, 1.54) is 21.9 Å². The van der Waals surface area contributed by atoms with E-state index in [9.17, 15) is 14.4 Å². The summed E-state index contributed by atoms with van der Waals surface area (Å²) >= 11 is 0. The Morgan fingerprint density at radius 2 is 1.95 bits per heavy atom. The number of ether oxygens (including phenoxy) is 1. The third-order valence-corrected chi connectivity index (χ3v) is 8.71. The zero-order valence-corrected chi connectivity index (χ0v) is 20.5. The molecule has 2 aromatic carbocycles. The van der Waals surface area contributed by atoms with Crippen LogP contribution in [0.25, 0.3) is 10.8 Å². The van der Waals surface area contributed by atoms with E-state index in [2.05, 4.69) is 45.5 Å². The van der Waals surface area contributed by atoms with E-state index >= 15 is 0 Å². The molecule has 7 rings (SSSR count). The number of nitrogens with zero attached hydrogens (tertiary/aromatic N) is 3. The van der Waals surface area contributed by atoms with Gasteiger partial charge in [-0.05, 0) is 55.4 Å². The number of hydrogen-bond acceptors (Lipinski definition) is 6. The summed E-state index contributed by atoms with van der Waals surface area (Å²) in [6, 6.07) is 11.9. The van der Waals surface area contributed by atoms with Crippen molar-refractivity contribution < 1.29 is 19.1 Å². The quantitative estimate of drug-likeness (QED) is 0.561. The molecule has 2 saturated heterocycles. The van der Waals surface area contributed by atoms with Gasteiger partial charge in [0.2, 0.25) is 11.8 Å². The van der Waals surface area contributed by atoms with Crippen LogP contribution in [0.4, 0.5) is 0 Å². The molecule has 4 aliphatic heterocycles. The van der Waals surface area contributed by atoms with Crippen LogP contribution in [0, 0.1) is 0 Å². The van der Waals surface area contributed by atoms with Crippen LogP contribution < -0.4 is 10.1 Å². The van der Waals surface area contributed by atoms with E-state index in [1.54, 1.807) is 4.90 Å². The first-order valence-corrected chi connectivity index (χ1v) is 13.0. The van der Waals surface area contributed by atoms with Gasteiger partial charge in [0.05, 0.1) is 13.2 Å². The van der Waals surface area contributed by atoms with Gasteiger partial charge < -0.3 is 9.64 Å². The predicted molar refractivity (Wildman–Crippen MR) is 136 cm³/mol. The van der Waals surface area contributed by atoms with Gasteiger partial charge in [-0.15, -0.1) is 0 Å². The zero-order valence-electron chi connectivity index (χ0n) is 20.5. The Morgan fingerprint density at radius 1 is 1.08 bits per heavy atom. The normalized spacial score (nSPS) is 22.8. The van der Waals surface area contributed by atoms with Gasteiger partial charge in [-0.2, -0.15) is 0 Å². The zero-order chi connectivity index (χ0) is 25.1. The fraction of sp³-hybridized carbons (Fsp3) is 0.379. The van der Waals surface area contributed by atoms with E-state index in [-0.39, 0.29) is 29.6 Å². The molecule has 0 bridgehead atoms. The summed E-state index contributed by atoms with van der Waals surface area (Å²) in [6.07, 6.45) is 6.38. The van der Waals surface area contributed by atoms with Gasteiger partial charge in [-0.25, -0.2) is 0 Å². The molecule has 1 spiro atoms. The molecule has 3 aromatic rings. The molecule has 0 aliphatic carbocycles. The number of hydrogen-bond donors (Lipinski definition) is 1. The Morgan fingerprint density at radius 3 is 2.78 bits per heavy atom. The molecular formula is C29H28N4O4. The maximum absolute atomic E-state index is 13.2. The summed E-state index contributed by atoms with van der Waals surface area (Å²) in [5.74, 6) is 0.00857. The van der Waals surface area contributed by atoms with Crippen LogP contribution >= 0.6 is 0 Å². The fourth-order valence-electron chi connectivity index (χ4n) is 6.61. The summed E-state index contributed by atoms with van der Waals surface area (Å²) in [5, 5.41) is 4.80. The number of imide groups is 1. The van der Waals surface area contributed by atoms with Crippen molar-refractivity contribution in [3.8, 4) is 5.75 Å². The third kappa shape index (κ3) is 3.54. The van der Waals surface area contributed by atoms with Crippen LogP contribution in [0.1, 0.15) is 52.7 Å². The van der Waals surface area contributed by atoms with Crippen LogP contribution in [-0.2, 0) is 28.1 Å². The lowest BCUT2D eigenvalue weighted by atomic mass is 9.74. The number of benzene rings is 2. The van der Waals surface area contributed by atoms with Crippen molar-refractivity contribution in [2.45, 2.75) is 50.2 Å². The van der Waals surface area contributed by atoms with Crippen molar-refractivity contribution in [3.05, 3.63) is 71.0 Å². The molecule has 8 heteroatoms. The highest BCUT2D eigenvalue weighted by Crippen LogP contribution is 2.49. The molecule has 1 aromatic heterocycles. The topological polar surface area (TPSA) is 91.8 Å². The van der Waals surface area contributed by atoms with Crippen LogP contribution in [0.3, 0.4) is 0 Å². The first-order valence-electron chi connectivity index (χ1n) is 13.0. The lowest BCUT2D eigenvalue weighted by molar-refractivity contribution is -0.136.